The van der Waals surface area contributed by atoms with Crippen molar-refractivity contribution in [3.63, 3.8) is 0 Å². The molecule has 6 heteroatoms. The highest BCUT2D eigenvalue weighted by Crippen LogP contribution is 2.45. The lowest BCUT2D eigenvalue weighted by atomic mass is 10.0. The van der Waals surface area contributed by atoms with E-state index in [9.17, 15) is 9.90 Å². The third-order valence-electron chi connectivity index (χ3n) is 5.59. The fourth-order valence-electron chi connectivity index (χ4n) is 4.48. The smallest absolute Gasteiger partial charge is 0.276 e. The molecule has 0 aliphatic carbocycles. The fourth-order valence-corrected chi connectivity index (χ4v) is 4.48. The summed E-state index contributed by atoms with van der Waals surface area (Å²) in [5.74, 6) is 0.248. The molecule has 1 aromatic carbocycles. The van der Waals surface area contributed by atoms with Crippen LogP contribution in [0, 0.1) is 0 Å². The minimum atomic E-state index is -0.889. The number of hydrogen-bond acceptors (Lipinski definition) is 5. The Kier molecular flexibility index (Phi) is 3.58. The molecule has 4 heterocycles. The minimum Gasteiger partial charge on any atom is -0.488 e. The molecule has 4 atom stereocenters. The van der Waals surface area contributed by atoms with E-state index in [0.717, 1.165) is 24.1 Å². The van der Waals surface area contributed by atoms with Crippen molar-refractivity contribution in [1.82, 2.24) is 9.80 Å². The number of benzene rings is 1. The van der Waals surface area contributed by atoms with Crippen molar-refractivity contribution in [3.05, 3.63) is 59.1 Å². The summed E-state index contributed by atoms with van der Waals surface area (Å²) in [5, 5.41) is 10.6. The van der Waals surface area contributed by atoms with Gasteiger partial charge in [-0.3, -0.25) is 4.79 Å². The van der Waals surface area contributed by atoms with Crippen molar-refractivity contribution >= 4 is 5.91 Å². The molecule has 3 saturated heterocycles. The first-order valence-corrected chi connectivity index (χ1v) is 9.19. The Balaban J connectivity index is 1.52. The van der Waals surface area contributed by atoms with Crippen molar-refractivity contribution in [2.45, 2.75) is 50.8 Å². The zero-order valence-electron chi connectivity index (χ0n) is 14.7. The van der Waals surface area contributed by atoms with Crippen molar-refractivity contribution in [1.29, 1.82) is 0 Å². The predicted molar refractivity (Wildman–Crippen MR) is 93.3 cm³/mol. The van der Waals surface area contributed by atoms with E-state index in [4.69, 9.17) is 9.47 Å². The van der Waals surface area contributed by atoms with Crippen LogP contribution in [0.4, 0.5) is 0 Å². The Labute approximate surface area is 152 Å². The lowest BCUT2D eigenvalue weighted by Crippen LogP contribution is -2.57. The summed E-state index contributed by atoms with van der Waals surface area (Å²) in [7, 11) is 0. The van der Waals surface area contributed by atoms with Crippen LogP contribution in [0.5, 0.6) is 0 Å². The third kappa shape index (κ3) is 2.29. The van der Waals surface area contributed by atoms with Gasteiger partial charge in [0.15, 0.2) is 12.0 Å². The molecule has 3 unspecified atom stereocenters. The Bertz CT molecular complexity index is 803. The van der Waals surface area contributed by atoms with E-state index in [-0.39, 0.29) is 24.3 Å². The van der Waals surface area contributed by atoms with Gasteiger partial charge in [0.05, 0.1) is 12.1 Å². The normalized spacial score (nSPS) is 32.5. The number of hydrogen-bond donors (Lipinski definition) is 1. The molecule has 0 aromatic heterocycles. The lowest BCUT2D eigenvalue weighted by molar-refractivity contribution is -0.144. The van der Waals surface area contributed by atoms with E-state index in [1.165, 1.54) is 0 Å². The van der Waals surface area contributed by atoms with E-state index in [0.29, 0.717) is 24.6 Å². The van der Waals surface area contributed by atoms with Gasteiger partial charge in [-0.1, -0.05) is 30.3 Å². The molecule has 0 bridgehead atoms. The van der Waals surface area contributed by atoms with Gasteiger partial charge in [0.2, 0.25) is 0 Å². The van der Waals surface area contributed by atoms with Crippen LogP contribution in [0.2, 0.25) is 0 Å². The average molecular weight is 354 g/mol. The van der Waals surface area contributed by atoms with Gasteiger partial charge in [0, 0.05) is 12.2 Å². The van der Waals surface area contributed by atoms with Crippen LogP contribution in [-0.4, -0.2) is 51.8 Å². The van der Waals surface area contributed by atoms with Gasteiger partial charge in [-0.05, 0) is 31.4 Å². The maximum atomic E-state index is 13.2. The van der Waals surface area contributed by atoms with E-state index in [2.05, 4.69) is 4.90 Å². The second kappa shape index (κ2) is 5.86. The summed E-state index contributed by atoms with van der Waals surface area (Å²) in [6, 6.07) is 9.87. The van der Waals surface area contributed by atoms with Crippen LogP contribution in [0.3, 0.4) is 0 Å². The molecule has 1 amide bonds. The highest BCUT2D eigenvalue weighted by Gasteiger charge is 2.54. The average Bonchev–Trinajstić information content (AvgIpc) is 3.22. The second-order valence-electron chi connectivity index (χ2n) is 7.36. The number of nitrogens with zero attached hydrogens (tertiary/aromatic N) is 2. The Morgan fingerprint density at radius 3 is 2.92 bits per heavy atom. The van der Waals surface area contributed by atoms with Crippen molar-refractivity contribution in [2.24, 2.45) is 0 Å². The molecule has 6 nitrogen and oxygen atoms in total. The van der Waals surface area contributed by atoms with Crippen molar-refractivity contribution in [3.8, 4) is 0 Å². The van der Waals surface area contributed by atoms with Crippen LogP contribution in [0.25, 0.3) is 0 Å². The summed E-state index contributed by atoms with van der Waals surface area (Å²) < 4.78 is 12.0. The number of amides is 1. The van der Waals surface area contributed by atoms with Crippen LogP contribution < -0.4 is 0 Å². The lowest BCUT2D eigenvalue weighted by Gasteiger charge is -2.44. The molecule has 5 rings (SSSR count). The van der Waals surface area contributed by atoms with Gasteiger partial charge >= 0.3 is 0 Å². The summed E-state index contributed by atoms with van der Waals surface area (Å²) in [6.07, 6.45) is 2.49. The first-order chi connectivity index (χ1) is 12.6. The van der Waals surface area contributed by atoms with E-state index >= 15 is 0 Å². The van der Waals surface area contributed by atoms with Crippen LogP contribution in [0.15, 0.2) is 53.6 Å². The number of rotatable bonds is 3. The van der Waals surface area contributed by atoms with Gasteiger partial charge in [-0.2, -0.15) is 0 Å². The first-order valence-electron chi connectivity index (χ1n) is 9.19. The molecule has 3 fully saturated rings. The number of allylic oxidation sites excluding steroid dienone is 1. The highest BCUT2D eigenvalue weighted by atomic mass is 16.5. The molecule has 136 valence electrons. The van der Waals surface area contributed by atoms with Gasteiger partial charge in [-0.25, -0.2) is 0 Å². The van der Waals surface area contributed by atoms with Gasteiger partial charge in [0.25, 0.3) is 5.91 Å². The van der Waals surface area contributed by atoms with E-state index in [1.807, 2.05) is 43.3 Å². The van der Waals surface area contributed by atoms with Gasteiger partial charge in [0.1, 0.15) is 18.4 Å². The SMILES string of the molecule is C[C@@H]1CN2C(=O)C3=C(OCc4ccccc4)C(O)C=C4CCC(C2O1)N43. The number of aliphatic hydroxyl groups excluding tert-OH is 1. The highest BCUT2D eigenvalue weighted by molar-refractivity contribution is 5.95. The predicted octanol–water partition coefficient (Wildman–Crippen LogP) is 1.72. The Hall–Kier alpha value is -2.31. The summed E-state index contributed by atoms with van der Waals surface area (Å²) in [5.41, 5.74) is 2.49. The van der Waals surface area contributed by atoms with Crippen molar-refractivity contribution in [2.75, 3.05) is 6.54 Å². The van der Waals surface area contributed by atoms with Crippen molar-refractivity contribution < 1.29 is 19.4 Å². The zero-order chi connectivity index (χ0) is 17.8. The Morgan fingerprint density at radius 1 is 1.31 bits per heavy atom. The molecule has 4 aliphatic rings. The molecule has 0 saturated carbocycles. The summed E-state index contributed by atoms with van der Waals surface area (Å²) in [6.45, 7) is 2.90. The van der Waals surface area contributed by atoms with E-state index < -0.39 is 6.10 Å². The van der Waals surface area contributed by atoms with Crippen LogP contribution in [-0.2, 0) is 20.9 Å². The zero-order valence-corrected chi connectivity index (χ0v) is 14.7. The standard InChI is InChI=1S/C20H22N2O4/c1-12-10-21-19(24)17-18(25-11-13-5-3-2-4-6-13)16(23)9-14-7-8-15(22(14)17)20(21)26-12/h2-6,9,12,15-16,20,23H,7-8,10-11H2,1H3/t12-,15?,16?,20?/m1/s1. The molecule has 4 aliphatic heterocycles. The quantitative estimate of drug-likeness (QED) is 0.896. The number of piperazine rings is 1. The van der Waals surface area contributed by atoms with Gasteiger partial charge < -0.3 is 24.4 Å². The first kappa shape index (κ1) is 15.9. The molecular formula is C20H22N2O4. The Morgan fingerprint density at radius 2 is 2.12 bits per heavy atom. The number of ether oxygens (including phenoxy) is 2. The third-order valence-corrected chi connectivity index (χ3v) is 5.59. The maximum absolute atomic E-state index is 13.2. The maximum Gasteiger partial charge on any atom is 0.276 e. The number of carbonyl (C=O) groups is 1. The van der Waals surface area contributed by atoms with Crippen LogP contribution in [0.1, 0.15) is 25.3 Å². The molecular weight excluding hydrogens is 332 g/mol. The summed E-state index contributed by atoms with van der Waals surface area (Å²) >= 11 is 0. The number of fused-ring (bicyclic) bond motifs is 2. The second-order valence-corrected chi connectivity index (χ2v) is 7.36. The number of aliphatic hydroxyl groups is 1. The summed E-state index contributed by atoms with van der Waals surface area (Å²) in [4.78, 5) is 17.1. The largest absolute Gasteiger partial charge is 0.488 e. The molecule has 1 aromatic rings. The fraction of sp³-hybridized carbons (Fsp3) is 0.450. The molecule has 1 N–H and O–H groups in total. The van der Waals surface area contributed by atoms with E-state index in [1.54, 1.807) is 4.90 Å². The van der Waals surface area contributed by atoms with Gasteiger partial charge in [-0.15, -0.1) is 0 Å². The minimum absolute atomic E-state index is 0.0255. The molecule has 0 radical (unpaired) electrons. The number of carbonyl (C=O) groups excluding carboxylic acids is 1. The monoisotopic (exact) mass is 354 g/mol. The molecule has 0 spiro atoms. The molecule has 26 heavy (non-hydrogen) atoms. The van der Waals surface area contributed by atoms with Crippen LogP contribution >= 0.6 is 0 Å². The topological polar surface area (TPSA) is 62.2 Å².